The Hall–Kier alpha value is -4.32. The van der Waals surface area contributed by atoms with Gasteiger partial charge >= 0.3 is 0 Å². The van der Waals surface area contributed by atoms with E-state index < -0.39 is 19.9 Å². The zero-order valence-electron chi connectivity index (χ0n) is 32.1. The van der Waals surface area contributed by atoms with Gasteiger partial charge in [0.25, 0.3) is 0 Å². The summed E-state index contributed by atoms with van der Waals surface area (Å²) < 4.78 is 33.5. The minimum atomic E-state index is -1.79. The maximum absolute atomic E-state index is 13.5. The number of nitrogens with zero attached hydrogens (tertiary/aromatic N) is 2. The van der Waals surface area contributed by atoms with Crippen molar-refractivity contribution in [1.29, 1.82) is 0 Å². The van der Waals surface area contributed by atoms with Crippen LogP contribution in [0.2, 0.25) is 19.6 Å². The van der Waals surface area contributed by atoms with Gasteiger partial charge in [-0.3, -0.25) is 0 Å². The monoisotopic (exact) mass is 895 g/mol. The largest absolute Gasteiger partial charge is 0.305 e. The average molecular weight is 895 g/mol. The van der Waals surface area contributed by atoms with Crippen LogP contribution in [0.5, 0.6) is 0 Å². The molecule has 3 aromatic heterocycles. The van der Waals surface area contributed by atoms with Crippen LogP contribution in [0.25, 0.3) is 64.6 Å². The summed E-state index contributed by atoms with van der Waals surface area (Å²) in [4.78, 5) is 9.22. The Labute approximate surface area is 328 Å². The van der Waals surface area contributed by atoms with Crippen LogP contribution in [-0.4, -0.2) is 18.0 Å². The predicted molar refractivity (Wildman–Crippen MR) is 219 cm³/mol. The summed E-state index contributed by atoms with van der Waals surface area (Å²) >= 11 is 1.83. The van der Waals surface area contributed by atoms with Crippen LogP contribution in [-0.2, 0) is 26.5 Å². The number of fused-ring (bicyclic) bond motifs is 4. The Morgan fingerprint density at radius 2 is 1.44 bits per heavy atom. The summed E-state index contributed by atoms with van der Waals surface area (Å²) in [5.74, 6) is -0.347. The van der Waals surface area contributed by atoms with Crippen molar-refractivity contribution in [1.82, 2.24) is 9.97 Å². The molecule has 0 aliphatic rings. The third-order valence-electron chi connectivity index (χ3n) is 8.69. The van der Waals surface area contributed by atoms with Gasteiger partial charge in [-0.2, -0.15) is 11.3 Å². The third kappa shape index (κ3) is 8.32. The quantitative estimate of drug-likeness (QED) is 0.127. The fourth-order valence-corrected chi connectivity index (χ4v) is 8.90. The van der Waals surface area contributed by atoms with E-state index in [0.29, 0.717) is 16.8 Å². The van der Waals surface area contributed by atoms with E-state index >= 15 is 0 Å². The molecular formula is C46H41FIrN2SSi-2. The molecule has 0 spiro atoms. The normalized spacial score (nSPS) is 12.5. The van der Waals surface area contributed by atoms with Gasteiger partial charge in [0.15, 0.2) is 0 Å². The molecule has 6 heteroatoms. The fourth-order valence-electron chi connectivity index (χ4n) is 6.26. The van der Waals surface area contributed by atoms with Crippen LogP contribution < -0.4 is 5.19 Å². The molecule has 0 aliphatic heterocycles. The van der Waals surface area contributed by atoms with E-state index in [1.807, 2.05) is 50.4 Å². The van der Waals surface area contributed by atoms with Gasteiger partial charge in [-0.15, -0.1) is 53.6 Å². The number of benzene rings is 5. The Kier molecular flexibility index (Phi) is 10.2. The Bertz CT molecular complexity index is 2590. The van der Waals surface area contributed by atoms with Crippen LogP contribution in [0.15, 0.2) is 128 Å². The Morgan fingerprint density at radius 1 is 0.731 bits per heavy atom. The molecule has 0 amide bonds. The molecule has 1 radical (unpaired) electrons. The van der Waals surface area contributed by atoms with Gasteiger partial charge in [-0.25, -0.2) is 4.39 Å². The summed E-state index contributed by atoms with van der Waals surface area (Å²) in [5.41, 5.74) is 5.75. The van der Waals surface area contributed by atoms with Gasteiger partial charge in [0.2, 0.25) is 0 Å². The number of pyridine rings is 2. The number of aromatic nitrogens is 2. The molecule has 263 valence electrons. The van der Waals surface area contributed by atoms with Crippen molar-refractivity contribution in [2.45, 2.75) is 46.8 Å². The third-order valence-corrected chi connectivity index (χ3v) is 11.9. The molecule has 52 heavy (non-hydrogen) atoms. The van der Waals surface area contributed by atoms with Crippen molar-refractivity contribution in [3.05, 3.63) is 151 Å². The first-order valence-corrected chi connectivity index (χ1v) is 21.5. The van der Waals surface area contributed by atoms with Crippen molar-refractivity contribution < 1.29 is 27.2 Å². The van der Waals surface area contributed by atoms with E-state index in [2.05, 4.69) is 116 Å². The molecule has 0 N–H and O–H groups in total. The van der Waals surface area contributed by atoms with Gasteiger partial charge < -0.3 is 9.97 Å². The van der Waals surface area contributed by atoms with Crippen molar-refractivity contribution in [3.8, 4) is 33.6 Å². The molecule has 0 bridgehead atoms. The number of hydrogen-bond donors (Lipinski definition) is 0. The summed E-state index contributed by atoms with van der Waals surface area (Å²) in [6.45, 7) is 12.2. The maximum atomic E-state index is 13.5. The second kappa shape index (κ2) is 15.3. The van der Waals surface area contributed by atoms with Crippen LogP contribution in [0.1, 0.15) is 29.1 Å². The van der Waals surface area contributed by atoms with E-state index in [1.165, 1.54) is 54.9 Å². The Balaban J connectivity index is 0.000000185. The van der Waals surface area contributed by atoms with Gasteiger partial charge in [0, 0.05) is 45.8 Å². The van der Waals surface area contributed by atoms with Crippen molar-refractivity contribution >= 4 is 55.5 Å². The van der Waals surface area contributed by atoms with Crippen LogP contribution in [0.3, 0.4) is 0 Å². The summed E-state index contributed by atoms with van der Waals surface area (Å²) in [6.07, 6.45) is 2.21. The first-order chi connectivity index (χ1) is 25.2. The molecular weight excluding hydrogens is 852 g/mol. The minimum absolute atomic E-state index is 0. The van der Waals surface area contributed by atoms with E-state index in [-0.39, 0.29) is 25.9 Å². The first-order valence-electron chi connectivity index (χ1n) is 18.2. The van der Waals surface area contributed by atoms with Crippen LogP contribution in [0, 0.1) is 23.4 Å². The molecule has 5 aromatic carbocycles. The van der Waals surface area contributed by atoms with Gasteiger partial charge in [-0.1, -0.05) is 130 Å². The van der Waals surface area contributed by atoms with Crippen molar-refractivity contribution in [2.24, 2.45) is 5.41 Å². The molecule has 2 nitrogen and oxygen atoms in total. The number of hydrogen-bond acceptors (Lipinski definition) is 3. The molecule has 8 rings (SSSR count). The van der Waals surface area contributed by atoms with E-state index in [1.54, 1.807) is 12.3 Å². The van der Waals surface area contributed by atoms with E-state index in [9.17, 15) is 4.39 Å². The van der Waals surface area contributed by atoms with E-state index in [4.69, 9.17) is 7.73 Å². The number of thiophene rings is 1. The summed E-state index contributed by atoms with van der Waals surface area (Å²) in [6, 6.07) is 44.5. The standard InChI is InChI=1S/C27H16NS.C19H25FNSi.Ir/c1-2-7-18(8-3-1)20-13-14-22-23-11-6-12-24(27(23)29-26(22)16-20)25-15-19-9-4-5-10-21(19)17-28-25;1-19(2,3)12-15-11-17(14-8-7-9-16(20)10-14)21-13-18(15)22(4,5)6;/h1-11,13-17H;7,9-11,13H,12H2,1-6H3;/q2*-1;/i;12D2;. The minimum Gasteiger partial charge on any atom is -0.305 e. The Morgan fingerprint density at radius 3 is 2.17 bits per heavy atom. The van der Waals surface area contributed by atoms with Crippen molar-refractivity contribution in [2.75, 3.05) is 0 Å². The zero-order valence-corrected chi connectivity index (χ0v) is 34.3. The number of halogens is 1. The molecule has 0 fully saturated rings. The second-order valence-corrected chi connectivity index (χ2v) is 20.9. The molecule has 0 saturated heterocycles. The molecule has 0 unspecified atom stereocenters. The van der Waals surface area contributed by atoms with Gasteiger partial charge in [0.05, 0.1) is 8.07 Å². The van der Waals surface area contributed by atoms with Crippen LogP contribution in [0.4, 0.5) is 4.39 Å². The topological polar surface area (TPSA) is 25.8 Å². The summed E-state index contributed by atoms with van der Waals surface area (Å²) in [5, 5.41) is 5.93. The van der Waals surface area contributed by atoms with Crippen LogP contribution >= 0.6 is 11.3 Å². The smallest absolute Gasteiger partial charge is 0.0798 e. The van der Waals surface area contributed by atoms with E-state index in [0.717, 1.165) is 21.8 Å². The SMILES string of the molecule is [2H]C([2H])(c1cc(-c2[c-]ccc(F)c2)ncc1[Si](C)(C)C)C(C)(C)C.[Ir].[c-]1ccc2c(sc3cc(-c4ccccc4)ccc32)c1-c1cc2ccccc2cn1. The molecule has 0 atom stereocenters. The zero-order chi connectivity index (χ0) is 37.5. The fraction of sp³-hybridized carbons (Fsp3) is 0.174. The first kappa shape index (κ1) is 34.7. The molecule has 8 aromatic rings. The van der Waals surface area contributed by atoms with Gasteiger partial charge in [0.1, 0.15) is 0 Å². The maximum Gasteiger partial charge on any atom is 0.0798 e. The molecule has 0 saturated carbocycles. The van der Waals surface area contributed by atoms with Crippen molar-refractivity contribution in [3.63, 3.8) is 0 Å². The second-order valence-electron chi connectivity index (χ2n) is 14.9. The summed E-state index contributed by atoms with van der Waals surface area (Å²) in [7, 11) is -1.79. The predicted octanol–water partition coefficient (Wildman–Crippen LogP) is 12.6. The molecule has 0 aliphatic carbocycles. The van der Waals surface area contributed by atoms with Gasteiger partial charge in [-0.05, 0) is 66.4 Å². The molecule has 3 heterocycles. The number of rotatable bonds is 5. The average Bonchev–Trinajstić information content (AvgIpc) is 3.52.